The smallest absolute Gasteiger partial charge is 0.375 e. The SMILES string of the molecule is CC(OC(=O)c1ccc(-c2ccccc2Cl)o1)C(=O)N1CCc2ccccc2C1. The number of furan rings is 1. The van der Waals surface area contributed by atoms with Crippen molar-refractivity contribution in [2.75, 3.05) is 6.54 Å². The molecule has 2 aromatic carbocycles. The summed E-state index contributed by atoms with van der Waals surface area (Å²) in [5, 5.41) is 0.524. The van der Waals surface area contributed by atoms with Gasteiger partial charge in [-0.2, -0.15) is 0 Å². The number of carbonyl (C=O) groups excluding carboxylic acids is 2. The monoisotopic (exact) mass is 409 g/mol. The normalized spacial score (nSPS) is 14.2. The first kappa shape index (κ1) is 19.3. The van der Waals surface area contributed by atoms with E-state index in [1.54, 1.807) is 30.0 Å². The van der Waals surface area contributed by atoms with Crippen molar-refractivity contribution in [1.29, 1.82) is 0 Å². The van der Waals surface area contributed by atoms with E-state index < -0.39 is 12.1 Å². The fourth-order valence-corrected chi connectivity index (χ4v) is 3.69. The van der Waals surface area contributed by atoms with Crippen LogP contribution in [0.3, 0.4) is 0 Å². The Hall–Kier alpha value is -3.05. The molecule has 0 N–H and O–H groups in total. The van der Waals surface area contributed by atoms with E-state index in [0.717, 1.165) is 12.0 Å². The summed E-state index contributed by atoms with van der Waals surface area (Å²) in [5.41, 5.74) is 3.06. The Balaban J connectivity index is 1.41. The van der Waals surface area contributed by atoms with Gasteiger partial charge in [-0.3, -0.25) is 4.79 Å². The third kappa shape index (κ3) is 4.05. The fourth-order valence-electron chi connectivity index (χ4n) is 3.46. The maximum Gasteiger partial charge on any atom is 0.375 e. The first-order valence-corrected chi connectivity index (χ1v) is 9.82. The van der Waals surface area contributed by atoms with Gasteiger partial charge in [0, 0.05) is 18.7 Å². The molecule has 1 aliphatic rings. The standard InChI is InChI=1S/C23H20ClNO4/c1-15(22(26)25-13-12-16-6-2-3-7-17(16)14-25)28-23(27)21-11-10-20(29-21)18-8-4-5-9-19(18)24/h2-11,15H,12-14H2,1H3. The Kier molecular flexibility index (Phi) is 5.41. The maximum absolute atomic E-state index is 12.7. The highest BCUT2D eigenvalue weighted by Crippen LogP contribution is 2.29. The molecule has 1 atom stereocenters. The van der Waals surface area contributed by atoms with Gasteiger partial charge in [-0.1, -0.05) is 48.0 Å². The van der Waals surface area contributed by atoms with Gasteiger partial charge in [-0.15, -0.1) is 0 Å². The third-order valence-electron chi connectivity index (χ3n) is 5.02. The summed E-state index contributed by atoms with van der Waals surface area (Å²) < 4.78 is 11.0. The highest BCUT2D eigenvalue weighted by atomic mass is 35.5. The van der Waals surface area contributed by atoms with Crippen LogP contribution in [-0.2, 0) is 22.5 Å². The van der Waals surface area contributed by atoms with Gasteiger partial charge in [0.1, 0.15) is 5.76 Å². The first-order valence-electron chi connectivity index (χ1n) is 9.44. The number of ether oxygens (including phenoxy) is 1. The van der Waals surface area contributed by atoms with E-state index in [0.29, 0.717) is 29.4 Å². The average molecular weight is 410 g/mol. The number of benzene rings is 2. The Bertz CT molecular complexity index is 1060. The van der Waals surface area contributed by atoms with E-state index in [4.69, 9.17) is 20.8 Å². The molecule has 6 heteroatoms. The predicted octanol–water partition coefficient (Wildman–Crippen LogP) is 4.73. The average Bonchev–Trinajstić information content (AvgIpc) is 3.23. The zero-order valence-corrected chi connectivity index (χ0v) is 16.7. The molecule has 2 heterocycles. The number of amides is 1. The zero-order valence-electron chi connectivity index (χ0n) is 15.9. The molecule has 4 rings (SSSR count). The van der Waals surface area contributed by atoms with Gasteiger partial charge >= 0.3 is 5.97 Å². The number of hydrogen-bond donors (Lipinski definition) is 0. The van der Waals surface area contributed by atoms with Crippen LogP contribution in [0.5, 0.6) is 0 Å². The molecule has 29 heavy (non-hydrogen) atoms. The van der Waals surface area contributed by atoms with Crippen molar-refractivity contribution in [2.45, 2.75) is 26.0 Å². The number of esters is 1. The van der Waals surface area contributed by atoms with Gasteiger partial charge in [0.25, 0.3) is 5.91 Å². The maximum atomic E-state index is 12.7. The second kappa shape index (κ2) is 8.13. The minimum Gasteiger partial charge on any atom is -0.449 e. The molecule has 1 aromatic heterocycles. The van der Waals surface area contributed by atoms with Crippen LogP contribution in [0.1, 0.15) is 28.6 Å². The van der Waals surface area contributed by atoms with Crippen molar-refractivity contribution in [2.24, 2.45) is 0 Å². The molecule has 0 fully saturated rings. The Morgan fingerprint density at radius 2 is 1.76 bits per heavy atom. The van der Waals surface area contributed by atoms with Gasteiger partial charge in [0.05, 0.1) is 5.02 Å². The van der Waals surface area contributed by atoms with E-state index in [-0.39, 0.29) is 11.7 Å². The molecular formula is C23H20ClNO4. The number of hydrogen-bond acceptors (Lipinski definition) is 4. The summed E-state index contributed by atoms with van der Waals surface area (Å²) in [6.07, 6.45) is -0.108. The summed E-state index contributed by atoms with van der Waals surface area (Å²) in [6.45, 7) is 2.71. The lowest BCUT2D eigenvalue weighted by Crippen LogP contribution is -2.42. The molecule has 1 amide bonds. The third-order valence-corrected chi connectivity index (χ3v) is 5.35. The van der Waals surface area contributed by atoms with E-state index in [9.17, 15) is 9.59 Å². The number of rotatable bonds is 4. The van der Waals surface area contributed by atoms with Gasteiger partial charge in [-0.05, 0) is 48.7 Å². The fraction of sp³-hybridized carbons (Fsp3) is 0.217. The summed E-state index contributed by atoms with van der Waals surface area (Å²) in [7, 11) is 0. The molecule has 3 aromatic rings. The summed E-state index contributed by atoms with van der Waals surface area (Å²) >= 11 is 6.17. The molecule has 0 radical (unpaired) electrons. The molecule has 0 saturated carbocycles. The number of carbonyl (C=O) groups is 2. The highest BCUT2D eigenvalue weighted by molar-refractivity contribution is 6.33. The zero-order chi connectivity index (χ0) is 20.4. The minimum absolute atomic E-state index is 0.0311. The van der Waals surface area contributed by atoms with Crippen LogP contribution in [0.25, 0.3) is 11.3 Å². The van der Waals surface area contributed by atoms with E-state index >= 15 is 0 Å². The largest absolute Gasteiger partial charge is 0.449 e. The van der Waals surface area contributed by atoms with E-state index in [1.807, 2.05) is 30.3 Å². The van der Waals surface area contributed by atoms with Crippen LogP contribution in [-0.4, -0.2) is 29.4 Å². The van der Waals surface area contributed by atoms with Crippen molar-refractivity contribution in [3.05, 3.63) is 82.6 Å². The van der Waals surface area contributed by atoms with Crippen LogP contribution in [0.15, 0.2) is 65.1 Å². The van der Waals surface area contributed by atoms with E-state index in [2.05, 4.69) is 6.07 Å². The molecule has 1 unspecified atom stereocenters. The topological polar surface area (TPSA) is 59.8 Å². The molecule has 0 bridgehead atoms. The Labute approximate surface area is 173 Å². The van der Waals surface area contributed by atoms with Crippen molar-refractivity contribution in [3.8, 4) is 11.3 Å². The van der Waals surface area contributed by atoms with Crippen LogP contribution in [0.4, 0.5) is 0 Å². The van der Waals surface area contributed by atoms with E-state index in [1.165, 1.54) is 11.6 Å². The van der Waals surface area contributed by atoms with Crippen molar-refractivity contribution >= 4 is 23.5 Å². The number of fused-ring (bicyclic) bond motifs is 1. The van der Waals surface area contributed by atoms with Crippen LogP contribution in [0.2, 0.25) is 5.02 Å². The van der Waals surface area contributed by atoms with Crippen molar-refractivity contribution in [1.82, 2.24) is 4.90 Å². The first-order chi connectivity index (χ1) is 14.0. The van der Waals surface area contributed by atoms with Gasteiger partial charge < -0.3 is 14.1 Å². The molecule has 0 spiro atoms. The van der Waals surface area contributed by atoms with Crippen LogP contribution < -0.4 is 0 Å². The quantitative estimate of drug-likeness (QED) is 0.584. The van der Waals surface area contributed by atoms with Gasteiger partial charge in [0.15, 0.2) is 6.10 Å². The lowest BCUT2D eigenvalue weighted by Gasteiger charge is -2.30. The van der Waals surface area contributed by atoms with Gasteiger partial charge in [-0.25, -0.2) is 4.79 Å². The number of nitrogens with zero attached hydrogens (tertiary/aromatic N) is 1. The Morgan fingerprint density at radius 3 is 2.55 bits per heavy atom. The number of halogens is 1. The second-order valence-electron chi connectivity index (χ2n) is 6.97. The van der Waals surface area contributed by atoms with Crippen molar-refractivity contribution < 1.29 is 18.7 Å². The van der Waals surface area contributed by atoms with Crippen LogP contribution in [0, 0.1) is 0 Å². The molecule has 0 saturated heterocycles. The summed E-state index contributed by atoms with van der Waals surface area (Å²) in [5.74, 6) is -0.398. The molecule has 1 aliphatic heterocycles. The lowest BCUT2D eigenvalue weighted by atomic mass is 9.99. The summed E-state index contributed by atoms with van der Waals surface area (Å²) in [4.78, 5) is 26.9. The lowest BCUT2D eigenvalue weighted by molar-refractivity contribution is -0.140. The second-order valence-corrected chi connectivity index (χ2v) is 7.38. The minimum atomic E-state index is -0.901. The highest BCUT2D eigenvalue weighted by Gasteiger charge is 2.28. The van der Waals surface area contributed by atoms with Gasteiger partial charge in [0.2, 0.25) is 5.76 Å². The molecular weight excluding hydrogens is 390 g/mol. The van der Waals surface area contributed by atoms with Crippen molar-refractivity contribution in [3.63, 3.8) is 0 Å². The Morgan fingerprint density at radius 1 is 1.03 bits per heavy atom. The predicted molar refractivity (Wildman–Crippen MR) is 110 cm³/mol. The molecule has 148 valence electrons. The van der Waals surface area contributed by atoms with Crippen LogP contribution >= 0.6 is 11.6 Å². The summed E-state index contributed by atoms with van der Waals surface area (Å²) in [6, 6.07) is 18.4. The molecule has 5 nitrogen and oxygen atoms in total. The molecule has 0 aliphatic carbocycles.